The zero-order valence-electron chi connectivity index (χ0n) is 18.7. The lowest BCUT2D eigenvalue weighted by molar-refractivity contribution is 0.102. The van der Waals surface area contributed by atoms with Crippen molar-refractivity contribution in [2.24, 2.45) is 0 Å². The first-order chi connectivity index (χ1) is 16.0. The molecule has 4 aromatic rings. The van der Waals surface area contributed by atoms with Crippen molar-refractivity contribution in [3.63, 3.8) is 0 Å². The summed E-state index contributed by atoms with van der Waals surface area (Å²) in [4.78, 5) is 26.8. The number of benzene rings is 3. The Labute approximate surface area is 195 Å². The summed E-state index contributed by atoms with van der Waals surface area (Å²) >= 11 is 1.36. The molecule has 4 rings (SSSR count). The molecule has 0 aliphatic carbocycles. The minimum absolute atomic E-state index is 0.129. The van der Waals surface area contributed by atoms with Crippen LogP contribution in [0.5, 0.6) is 17.2 Å². The third-order valence-corrected chi connectivity index (χ3v) is 6.34. The van der Waals surface area contributed by atoms with E-state index in [1.165, 1.54) is 32.7 Å². The van der Waals surface area contributed by atoms with Crippen LogP contribution in [0.25, 0.3) is 21.2 Å². The maximum Gasteiger partial charge on any atom is 0.256 e. The Hall–Kier alpha value is -3.84. The van der Waals surface area contributed by atoms with Gasteiger partial charge in [0.2, 0.25) is 5.75 Å². The molecule has 6 nitrogen and oxygen atoms in total. The molecule has 1 aromatic heterocycles. The molecule has 168 valence electrons. The van der Waals surface area contributed by atoms with E-state index < -0.39 is 5.91 Å². The van der Waals surface area contributed by atoms with E-state index in [1.54, 1.807) is 18.2 Å². The topological polar surface area (TPSA) is 73.9 Å². The molecule has 1 N–H and O–H groups in total. The number of rotatable bonds is 6. The van der Waals surface area contributed by atoms with Gasteiger partial charge in [-0.05, 0) is 36.8 Å². The molecular weight excluding hydrogens is 438 g/mol. The van der Waals surface area contributed by atoms with Gasteiger partial charge < -0.3 is 19.5 Å². The zero-order valence-corrected chi connectivity index (χ0v) is 19.5. The molecule has 0 saturated heterocycles. The van der Waals surface area contributed by atoms with E-state index in [-0.39, 0.29) is 5.43 Å². The largest absolute Gasteiger partial charge is 0.493 e. The summed E-state index contributed by atoms with van der Waals surface area (Å²) in [5.74, 6) is 0.738. The third kappa shape index (κ3) is 4.27. The Bertz CT molecular complexity index is 1380. The van der Waals surface area contributed by atoms with Gasteiger partial charge in [0.15, 0.2) is 16.9 Å². The first-order valence-corrected chi connectivity index (χ1v) is 11.0. The van der Waals surface area contributed by atoms with Crippen LogP contribution in [-0.4, -0.2) is 27.2 Å². The molecule has 1 heterocycles. The Morgan fingerprint density at radius 3 is 2.21 bits per heavy atom. The van der Waals surface area contributed by atoms with Crippen molar-refractivity contribution in [3.05, 3.63) is 82.0 Å². The number of hydrogen-bond acceptors (Lipinski definition) is 6. The second-order valence-corrected chi connectivity index (χ2v) is 8.42. The number of carbonyl (C=O) groups is 1. The van der Waals surface area contributed by atoms with E-state index >= 15 is 0 Å². The lowest BCUT2D eigenvalue weighted by Crippen LogP contribution is -2.16. The molecule has 0 radical (unpaired) electrons. The molecule has 0 saturated carbocycles. The van der Waals surface area contributed by atoms with Gasteiger partial charge in [0.25, 0.3) is 5.91 Å². The van der Waals surface area contributed by atoms with E-state index in [4.69, 9.17) is 14.2 Å². The molecule has 0 aliphatic rings. The molecule has 33 heavy (non-hydrogen) atoms. The van der Waals surface area contributed by atoms with Crippen molar-refractivity contribution < 1.29 is 19.0 Å². The highest BCUT2D eigenvalue weighted by Crippen LogP contribution is 2.39. The van der Waals surface area contributed by atoms with Crippen LogP contribution in [-0.2, 0) is 0 Å². The Balaban J connectivity index is 1.86. The van der Waals surface area contributed by atoms with E-state index in [0.29, 0.717) is 38.8 Å². The number of methoxy groups -OCH3 is 3. The van der Waals surface area contributed by atoms with Gasteiger partial charge in [-0.25, -0.2) is 0 Å². The molecule has 7 heteroatoms. The number of fused-ring (bicyclic) bond motifs is 1. The Morgan fingerprint density at radius 1 is 0.879 bits per heavy atom. The maximum absolute atomic E-state index is 13.5. The van der Waals surface area contributed by atoms with Gasteiger partial charge >= 0.3 is 0 Å². The quantitative estimate of drug-likeness (QED) is 0.410. The second-order valence-electron chi connectivity index (χ2n) is 7.37. The Kier molecular flexibility index (Phi) is 6.33. The predicted molar refractivity (Wildman–Crippen MR) is 132 cm³/mol. The van der Waals surface area contributed by atoms with Crippen LogP contribution in [0.4, 0.5) is 5.00 Å². The zero-order chi connectivity index (χ0) is 23.5. The number of carbonyl (C=O) groups excluding carboxylic acids is 1. The summed E-state index contributed by atoms with van der Waals surface area (Å²) in [6.45, 7) is 1.96. The van der Waals surface area contributed by atoms with Crippen molar-refractivity contribution in [2.45, 2.75) is 6.92 Å². The highest BCUT2D eigenvalue weighted by molar-refractivity contribution is 7.22. The molecule has 0 spiro atoms. The monoisotopic (exact) mass is 461 g/mol. The van der Waals surface area contributed by atoms with Crippen molar-refractivity contribution in [1.82, 2.24) is 0 Å². The number of hydrogen-bond donors (Lipinski definition) is 1. The summed E-state index contributed by atoms with van der Waals surface area (Å²) in [6.07, 6.45) is 0. The van der Waals surface area contributed by atoms with Crippen LogP contribution in [0.1, 0.15) is 15.9 Å². The summed E-state index contributed by atoms with van der Waals surface area (Å²) in [5.41, 5.74) is 2.42. The molecule has 0 atom stereocenters. The lowest BCUT2D eigenvalue weighted by atomic mass is 10.0. The van der Waals surface area contributed by atoms with Gasteiger partial charge in [-0.1, -0.05) is 42.0 Å². The molecular formula is C26H23NO5S. The fourth-order valence-electron chi connectivity index (χ4n) is 3.68. The molecule has 0 fully saturated rings. The van der Waals surface area contributed by atoms with E-state index in [9.17, 15) is 9.59 Å². The minimum atomic E-state index is -0.394. The van der Waals surface area contributed by atoms with Crippen LogP contribution in [0.3, 0.4) is 0 Å². The maximum atomic E-state index is 13.5. The van der Waals surface area contributed by atoms with Crippen LogP contribution in [0.15, 0.2) is 65.5 Å². The summed E-state index contributed by atoms with van der Waals surface area (Å²) in [7, 11) is 4.48. The molecule has 0 aliphatic heterocycles. The molecule has 3 aromatic carbocycles. The van der Waals surface area contributed by atoms with Gasteiger partial charge in [-0.15, -0.1) is 11.3 Å². The SMILES string of the molecule is COc1cc(C(=O)Nc2sc3ccccc3c(=O)c2-c2cccc(C)c2)cc(OC)c1OC. The fourth-order valence-corrected chi connectivity index (χ4v) is 4.77. The van der Waals surface area contributed by atoms with Gasteiger partial charge in [0.05, 0.1) is 26.9 Å². The number of nitrogens with one attached hydrogen (secondary N) is 1. The smallest absolute Gasteiger partial charge is 0.256 e. The van der Waals surface area contributed by atoms with Crippen molar-refractivity contribution in [3.8, 4) is 28.4 Å². The molecule has 0 unspecified atom stereocenters. The standard InChI is InChI=1S/C26H23NO5S/c1-15-8-7-9-16(12-15)22-23(28)18-10-5-6-11-21(18)33-26(22)27-25(29)17-13-19(30-2)24(32-4)20(14-17)31-3/h5-14H,1-4H3,(H,27,29). The second kappa shape index (κ2) is 9.34. The Morgan fingerprint density at radius 2 is 1.58 bits per heavy atom. The number of amides is 1. The fraction of sp³-hybridized carbons (Fsp3) is 0.154. The van der Waals surface area contributed by atoms with Crippen molar-refractivity contribution in [1.29, 1.82) is 0 Å². The van der Waals surface area contributed by atoms with Crippen LogP contribution in [0.2, 0.25) is 0 Å². The molecule has 1 amide bonds. The van der Waals surface area contributed by atoms with Gasteiger partial charge in [0, 0.05) is 15.6 Å². The highest BCUT2D eigenvalue weighted by atomic mass is 32.1. The lowest BCUT2D eigenvalue weighted by Gasteiger charge is -2.15. The average Bonchev–Trinajstić information content (AvgIpc) is 2.83. The third-order valence-electron chi connectivity index (χ3n) is 5.26. The van der Waals surface area contributed by atoms with Gasteiger partial charge in [0.1, 0.15) is 5.00 Å². The van der Waals surface area contributed by atoms with E-state index in [1.807, 2.05) is 49.4 Å². The van der Waals surface area contributed by atoms with Crippen molar-refractivity contribution >= 4 is 32.3 Å². The predicted octanol–water partition coefficient (Wildman–Crippen LogP) is 5.52. The van der Waals surface area contributed by atoms with Crippen LogP contribution < -0.4 is 25.0 Å². The van der Waals surface area contributed by atoms with Gasteiger partial charge in [-0.3, -0.25) is 9.59 Å². The minimum Gasteiger partial charge on any atom is -0.493 e. The van der Waals surface area contributed by atoms with Crippen LogP contribution in [0, 0.1) is 6.92 Å². The first-order valence-electron chi connectivity index (χ1n) is 10.2. The summed E-state index contributed by atoms with van der Waals surface area (Å²) in [6, 6.07) is 18.2. The number of ether oxygens (including phenoxy) is 3. The summed E-state index contributed by atoms with van der Waals surface area (Å²) < 4.78 is 16.9. The number of anilines is 1. The van der Waals surface area contributed by atoms with Crippen LogP contribution >= 0.6 is 11.3 Å². The van der Waals surface area contributed by atoms with E-state index in [2.05, 4.69) is 5.32 Å². The van der Waals surface area contributed by atoms with Gasteiger partial charge in [-0.2, -0.15) is 0 Å². The van der Waals surface area contributed by atoms with E-state index in [0.717, 1.165) is 15.8 Å². The average molecular weight is 462 g/mol. The summed E-state index contributed by atoms with van der Waals surface area (Å²) in [5, 5.41) is 4.04. The normalized spacial score (nSPS) is 10.7. The van der Waals surface area contributed by atoms with Crippen molar-refractivity contribution in [2.75, 3.05) is 26.6 Å². The molecule has 0 bridgehead atoms. The number of aryl methyl sites for hydroxylation is 1. The highest BCUT2D eigenvalue weighted by Gasteiger charge is 2.20. The first kappa shape index (κ1) is 22.4.